The van der Waals surface area contributed by atoms with Gasteiger partial charge in [0.2, 0.25) is 0 Å². The van der Waals surface area contributed by atoms with Gasteiger partial charge in [-0.3, -0.25) is 4.90 Å². The van der Waals surface area contributed by atoms with E-state index >= 15 is 0 Å². The van der Waals surface area contributed by atoms with E-state index in [9.17, 15) is 0 Å². The summed E-state index contributed by atoms with van der Waals surface area (Å²) in [7, 11) is 0. The molecule has 3 aliphatic rings. The van der Waals surface area contributed by atoms with Crippen LogP contribution in [0.15, 0.2) is 0 Å². The average molecular weight is 250 g/mol. The van der Waals surface area contributed by atoms with E-state index in [-0.39, 0.29) is 0 Å². The van der Waals surface area contributed by atoms with Crippen molar-refractivity contribution in [2.24, 2.45) is 11.3 Å². The summed E-state index contributed by atoms with van der Waals surface area (Å²) < 4.78 is 0. The standard InChI is InChI=1S/C16H30N2/c1-3-5-14-11-18(15(4-2)10-17-14)12-16(8-9-16)13-6-7-13/h13-15,17H,3-12H2,1-2H3. The molecule has 0 aromatic carbocycles. The summed E-state index contributed by atoms with van der Waals surface area (Å²) in [6.45, 7) is 8.61. The lowest BCUT2D eigenvalue weighted by atomic mass is 9.96. The molecule has 2 atom stereocenters. The van der Waals surface area contributed by atoms with E-state index in [0.717, 1.165) is 23.4 Å². The molecule has 0 amide bonds. The minimum atomic E-state index is 0.757. The Morgan fingerprint density at radius 1 is 1.22 bits per heavy atom. The summed E-state index contributed by atoms with van der Waals surface area (Å²) in [6, 6.07) is 1.56. The highest BCUT2D eigenvalue weighted by atomic mass is 15.2. The maximum atomic E-state index is 3.76. The van der Waals surface area contributed by atoms with E-state index < -0.39 is 0 Å². The van der Waals surface area contributed by atoms with E-state index in [1.165, 1.54) is 64.6 Å². The van der Waals surface area contributed by atoms with Crippen LogP contribution in [0.2, 0.25) is 0 Å². The first kappa shape index (κ1) is 12.9. The number of hydrogen-bond acceptors (Lipinski definition) is 2. The van der Waals surface area contributed by atoms with Gasteiger partial charge in [0.15, 0.2) is 0 Å². The van der Waals surface area contributed by atoms with Crippen LogP contribution in [-0.4, -0.2) is 36.6 Å². The molecule has 2 heteroatoms. The first-order chi connectivity index (χ1) is 8.77. The van der Waals surface area contributed by atoms with Crippen molar-refractivity contribution < 1.29 is 0 Å². The molecule has 2 unspecified atom stereocenters. The molecule has 18 heavy (non-hydrogen) atoms. The third kappa shape index (κ3) is 2.60. The number of hydrogen-bond donors (Lipinski definition) is 1. The monoisotopic (exact) mass is 250 g/mol. The predicted octanol–water partition coefficient (Wildman–Crippen LogP) is 3.03. The van der Waals surface area contributed by atoms with Crippen molar-refractivity contribution in [3.8, 4) is 0 Å². The van der Waals surface area contributed by atoms with Crippen molar-refractivity contribution in [3.05, 3.63) is 0 Å². The molecule has 0 aromatic rings. The molecule has 3 fully saturated rings. The van der Waals surface area contributed by atoms with Crippen LogP contribution in [0.5, 0.6) is 0 Å². The Kier molecular flexibility index (Phi) is 3.68. The summed E-state index contributed by atoms with van der Waals surface area (Å²) in [5.74, 6) is 1.11. The van der Waals surface area contributed by atoms with E-state index in [1.54, 1.807) is 0 Å². The molecule has 0 bridgehead atoms. The summed E-state index contributed by atoms with van der Waals surface area (Å²) in [5.41, 5.74) is 0.779. The highest BCUT2D eigenvalue weighted by Crippen LogP contribution is 2.61. The molecule has 1 aliphatic heterocycles. The highest BCUT2D eigenvalue weighted by Gasteiger charge is 2.54. The molecular formula is C16H30N2. The molecule has 0 radical (unpaired) electrons. The summed E-state index contributed by atoms with van der Waals surface area (Å²) in [5, 5.41) is 3.76. The van der Waals surface area contributed by atoms with E-state index in [0.29, 0.717) is 0 Å². The van der Waals surface area contributed by atoms with Gasteiger partial charge in [-0.25, -0.2) is 0 Å². The van der Waals surface area contributed by atoms with Crippen LogP contribution in [-0.2, 0) is 0 Å². The third-order valence-electron chi connectivity index (χ3n) is 5.58. The van der Waals surface area contributed by atoms with E-state index in [4.69, 9.17) is 0 Å². The lowest BCUT2D eigenvalue weighted by molar-refractivity contribution is 0.0922. The fraction of sp³-hybridized carbons (Fsp3) is 1.00. The zero-order chi connectivity index (χ0) is 12.6. The van der Waals surface area contributed by atoms with Gasteiger partial charge < -0.3 is 5.32 Å². The average Bonchev–Trinajstić information content (AvgIpc) is 3.23. The molecule has 2 saturated carbocycles. The van der Waals surface area contributed by atoms with E-state index in [1.807, 2.05) is 0 Å². The van der Waals surface area contributed by atoms with E-state index in [2.05, 4.69) is 24.1 Å². The first-order valence-electron chi connectivity index (χ1n) is 8.25. The van der Waals surface area contributed by atoms with Gasteiger partial charge in [-0.1, -0.05) is 20.3 Å². The normalized spacial score (nSPS) is 35.7. The van der Waals surface area contributed by atoms with Gasteiger partial charge in [-0.15, -0.1) is 0 Å². The summed E-state index contributed by atoms with van der Waals surface area (Å²) in [4.78, 5) is 2.85. The fourth-order valence-corrected chi connectivity index (χ4v) is 4.02. The third-order valence-corrected chi connectivity index (χ3v) is 5.58. The van der Waals surface area contributed by atoms with Crippen LogP contribution in [0.3, 0.4) is 0 Å². The lowest BCUT2D eigenvalue weighted by Gasteiger charge is -2.42. The van der Waals surface area contributed by atoms with Crippen LogP contribution in [0.1, 0.15) is 58.8 Å². The Morgan fingerprint density at radius 3 is 2.56 bits per heavy atom. The Hall–Kier alpha value is -0.0800. The van der Waals surface area contributed by atoms with Crippen LogP contribution in [0.4, 0.5) is 0 Å². The second-order valence-electron chi connectivity index (χ2n) is 7.02. The largest absolute Gasteiger partial charge is 0.311 e. The van der Waals surface area contributed by atoms with Crippen LogP contribution < -0.4 is 5.32 Å². The number of rotatable bonds is 6. The van der Waals surface area contributed by atoms with Crippen molar-refractivity contribution in [2.45, 2.75) is 70.9 Å². The zero-order valence-corrected chi connectivity index (χ0v) is 12.3. The van der Waals surface area contributed by atoms with Crippen molar-refractivity contribution in [2.75, 3.05) is 19.6 Å². The quantitative estimate of drug-likeness (QED) is 0.779. The molecule has 2 aliphatic carbocycles. The Bertz CT molecular complexity index is 281. The van der Waals surface area contributed by atoms with Crippen molar-refractivity contribution in [3.63, 3.8) is 0 Å². The second-order valence-corrected chi connectivity index (χ2v) is 7.02. The molecule has 0 spiro atoms. The van der Waals surface area contributed by atoms with Gasteiger partial charge in [-0.05, 0) is 49.9 Å². The summed E-state index contributed by atoms with van der Waals surface area (Å²) in [6.07, 6.45) is 10.1. The lowest BCUT2D eigenvalue weighted by Crippen LogP contribution is -2.57. The topological polar surface area (TPSA) is 15.3 Å². The molecule has 3 rings (SSSR count). The van der Waals surface area contributed by atoms with Crippen molar-refractivity contribution in [1.82, 2.24) is 10.2 Å². The minimum absolute atomic E-state index is 0.757. The smallest absolute Gasteiger partial charge is 0.0219 e. The second kappa shape index (κ2) is 5.13. The maximum Gasteiger partial charge on any atom is 0.0219 e. The zero-order valence-electron chi connectivity index (χ0n) is 12.3. The molecule has 0 aromatic heterocycles. The SMILES string of the molecule is CCCC1CN(CC2(C3CC3)CC2)C(CC)CN1. The van der Waals surface area contributed by atoms with Crippen LogP contribution >= 0.6 is 0 Å². The van der Waals surface area contributed by atoms with Crippen LogP contribution in [0, 0.1) is 11.3 Å². The van der Waals surface area contributed by atoms with Crippen molar-refractivity contribution in [1.29, 1.82) is 0 Å². The number of piperazine rings is 1. The minimum Gasteiger partial charge on any atom is -0.311 e. The Labute approximate surface area is 113 Å². The fourth-order valence-electron chi connectivity index (χ4n) is 4.02. The number of nitrogens with one attached hydrogen (secondary N) is 1. The number of nitrogens with zero attached hydrogens (tertiary/aromatic N) is 1. The van der Waals surface area contributed by atoms with Gasteiger partial charge >= 0.3 is 0 Å². The molecule has 1 saturated heterocycles. The molecule has 1 N–H and O–H groups in total. The predicted molar refractivity (Wildman–Crippen MR) is 76.7 cm³/mol. The Balaban J connectivity index is 1.59. The van der Waals surface area contributed by atoms with Gasteiger partial charge in [0.25, 0.3) is 0 Å². The first-order valence-corrected chi connectivity index (χ1v) is 8.25. The maximum absolute atomic E-state index is 3.76. The van der Waals surface area contributed by atoms with Gasteiger partial charge in [0, 0.05) is 31.7 Å². The summed E-state index contributed by atoms with van der Waals surface area (Å²) >= 11 is 0. The molecular weight excluding hydrogens is 220 g/mol. The molecule has 2 nitrogen and oxygen atoms in total. The molecule has 1 heterocycles. The van der Waals surface area contributed by atoms with Gasteiger partial charge in [-0.2, -0.15) is 0 Å². The molecule has 104 valence electrons. The van der Waals surface area contributed by atoms with Gasteiger partial charge in [0.1, 0.15) is 0 Å². The Morgan fingerprint density at radius 2 is 2.00 bits per heavy atom. The van der Waals surface area contributed by atoms with Gasteiger partial charge in [0.05, 0.1) is 0 Å². The highest BCUT2D eigenvalue weighted by molar-refractivity contribution is 5.06. The van der Waals surface area contributed by atoms with Crippen molar-refractivity contribution >= 4 is 0 Å². The van der Waals surface area contributed by atoms with Crippen LogP contribution in [0.25, 0.3) is 0 Å².